The van der Waals surface area contributed by atoms with Crippen molar-refractivity contribution in [3.63, 3.8) is 0 Å². The van der Waals surface area contributed by atoms with Gasteiger partial charge in [0, 0.05) is 71.5 Å². The number of benzene rings is 14. The molecule has 0 radical (unpaired) electrons. The molecule has 13 heteroatoms. The fourth-order valence-corrected chi connectivity index (χ4v) is 14.2. The van der Waals surface area contributed by atoms with Crippen LogP contribution in [0, 0.1) is 0 Å². The van der Waals surface area contributed by atoms with Crippen molar-refractivity contribution in [1.82, 2.24) is 49.0 Å². The molecule has 0 amide bonds. The predicted octanol–water partition coefficient (Wildman–Crippen LogP) is 23.4. The van der Waals surface area contributed by atoms with Crippen LogP contribution in [0.5, 0.6) is 0 Å². The molecule has 6 heterocycles. The number of nitrogens with one attached hydrogen (secondary N) is 1. The van der Waals surface area contributed by atoms with Gasteiger partial charge in [-0.25, -0.2) is 39.9 Å². The molecule has 14 aromatic carbocycles. The molecule has 0 atom stereocenters. The van der Waals surface area contributed by atoms with Crippen LogP contribution in [0.3, 0.4) is 0 Å². The summed E-state index contributed by atoms with van der Waals surface area (Å²) in [4.78, 5) is 41.6. The minimum absolute atomic E-state index is 0.624. The molecule has 0 spiro atoms. The van der Waals surface area contributed by atoms with E-state index in [-0.39, 0.29) is 0 Å². The lowest BCUT2D eigenvalue weighted by Gasteiger charge is -2.25. The first-order valence-electron chi connectivity index (χ1n) is 34.7. The minimum Gasteiger partial charge on any atom is -0.325 e. The lowest BCUT2D eigenvalue weighted by atomic mass is 10.00. The molecule has 2 aliphatic rings. The molecule has 0 saturated heterocycles. The number of hydrogen-bond donors (Lipinski definition) is 1. The number of halogens is 1. The Bertz CT molecular complexity index is 6130. The highest BCUT2D eigenvalue weighted by Gasteiger charge is 2.30. The Hall–Kier alpha value is -13.9. The van der Waals surface area contributed by atoms with Crippen LogP contribution in [-0.4, -0.2) is 49.0 Å². The second kappa shape index (κ2) is 27.9. The third-order valence-electron chi connectivity index (χ3n) is 18.7. The molecule has 1 N–H and O–H groups in total. The molecular formula is C92H61BrN12. The maximum atomic E-state index is 5.26. The lowest BCUT2D eigenvalue weighted by molar-refractivity contribution is 1.05. The number of nitrogens with zero attached hydrogens (tertiary/aromatic N) is 11. The maximum Gasteiger partial charge on any atom is 0.220 e. The average molecular weight is 1410 g/mol. The third kappa shape index (κ3) is 12.6. The standard InChI is InChI=1S/C46H30N6.C27H18BrN3.C19H13N3/c1-3-15-31(16-4-1)43-48-44(32-17-5-2-6-18-32)50-45(49-43)35-21-13-19-33(29-35)34-20-14-22-36(30-34)51-40-26-10-7-23-37(40)38-24-8-11-27-41(38)52-42-28-12-9-25-39(42)47-46(51)52;28-24-16-8-14-22(18-24)21-13-7-15-23(17-21)27-30-25(19-9-3-1-4-10-19)29-26(31-27)20-11-5-2-6-12-20;1-3-9-15-13(7-1)14-8-2-5-11-17(14)22-18-12-6-4-10-16(18)21-19(22)20-15/h1-30H;1-18H;1-12H,(H,20,21). The Morgan fingerprint density at radius 1 is 0.238 bits per heavy atom. The topological polar surface area (TPSA) is 128 Å². The van der Waals surface area contributed by atoms with Gasteiger partial charge in [0.25, 0.3) is 0 Å². The van der Waals surface area contributed by atoms with Gasteiger partial charge in [-0.15, -0.1) is 0 Å². The number of para-hydroxylation sites is 8. The number of rotatable bonds is 9. The number of fused-ring (bicyclic) bond motifs is 14. The van der Waals surface area contributed by atoms with Gasteiger partial charge in [0.15, 0.2) is 34.9 Å². The first-order valence-corrected chi connectivity index (χ1v) is 35.5. The van der Waals surface area contributed by atoms with Crippen molar-refractivity contribution >= 4 is 67.0 Å². The molecule has 12 nitrogen and oxygen atoms in total. The van der Waals surface area contributed by atoms with Crippen molar-refractivity contribution in [3.8, 4) is 124 Å². The molecule has 2 aliphatic heterocycles. The van der Waals surface area contributed by atoms with E-state index < -0.39 is 0 Å². The second-order valence-electron chi connectivity index (χ2n) is 25.4. The van der Waals surface area contributed by atoms with Gasteiger partial charge in [0.05, 0.1) is 39.1 Å². The van der Waals surface area contributed by atoms with Crippen LogP contribution in [0.4, 0.5) is 29.0 Å². The minimum atomic E-state index is 0.624. The number of aromatic nitrogens is 10. The van der Waals surface area contributed by atoms with E-state index in [0.29, 0.717) is 34.9 Å². The van der Waals surface area contributed by atoms with Crippen molar-refractivity contribution in [2.24, 2.45) is 0 Å². The van der Waals surface area contributed by atoms with Crippen LogP contribution in [0.1, 0.15) is 0 Å². The molecule has 0 unspecified atom stereocenters. The zero-order valence-corrected chi connectivity index (χ0v) is 58.0. The summed E-state index contributed by atoms with van der Waals surface area (Å²) >= 11 is 3.56. The SMILES string of the molecule is Brc1cccc(-c2cccc(-c3nc(-c4ccccc4)nc(-c4ccccc4)n3)c2)c1.c1ccc(-c2nc(-c3ccccc3)nc(-c3cccc(-c4cccc(N5c6ccccc6-c6ccccc6-n6c5nc5ccccc56)c4)c3)n2)cc1.c1ccc2c(c1)Nc1nc3ccccc3n1-c1ccccc1-2. The highest BCUT2D eigenvalue weighted by atomic mass is 79.9. The first-order chi connectivity index (χ1) is 52.0. The summed E-state index contributed by atoms with van der Waals surface area (Å²) in [6, 6.07) is 124. The van der Waals surface area contributed by atoms with E-state index in [1.165, 1.54) is 11.1 Å². The molecule has 0 aliphatic carbocycles. The zero-order chi connectivity index (χ0) is 70.0. The molecule has 0 bridgehead atoms. The molecule has 105 heavy (non-hydrogen) atoms. The number of imidazole rings is 2. The first kappa shape index (κ1) is 63.3. The van der Waals surface area contributed by atoms with Crippen molar-refractivity contribution < 1.29 is 0 Å². The quantitative estimate of drug-likeness (QED) is 0.149. The lowest BCUT2D eigenvalue weighted by Crippen LogP contribution is -2.14. The molecule has 496 valence electrons. The van der Waals surface area contributed by atoms with Crippen molar-refractivity contribution in [2.45, 2.75) is 0 Å². The maximum absolute atomic E-state index is 5.26. The van der Waals surface area contributed by atoms with E-state index in [0.717, 1.165) is 134 Å². The van der Waals surface area contributed by atoms with Gasteiger partial charge in [-0.3, -0.25) is 14.0 Å². The van der Waals surface area contributed by atoms with Gasteiger partial charge in [-0.1, -0.05) is 295 Å². The molecule has 0 saturated carbocycles. The summed E-state index contributed by atoms with van der Waals surface area (Å²) in [5.41, 5.74) is 24.3. The Kier molecular flexibility index (Phi) is 16.8. The van der Waals surface area contributed by atoms with E-state index in [1.807, 2.05) is 170 Å². The van der Waals surface area contributed by atoms with Crippen molar-refractivity contribution in [3.05, 3.63) is 368 Å². The van der Waals surface area contributed by atoms with Gasteiger partial charge in [0.2, 0.25) is 11.9 Å². The van der Waals surface area contributed by atoms with Crippen molar-refractivity contribution in [2.75, 3.05) is 10.2 Å². The monoisotopic (exact) mass is 1410 g/mol. The molecule has 18 aromatic rings. The van der Waals surface area contributed by atoms with E-state index in [4.69, 9.17) is 39.9 Å². The van der Waals surface area contributed by atoms with E-state index >= 15 is 0 Å². The third-order valence-corrected chi connectivity index (χ3v) is 19.2. The van der Waals surface area contributed by atoms with Gasteiger partial charge >= 0.3 is 0 Å². The Morgan fingerprint density at radius 2 is 0.581 bits per heavy atom. The zero-order valence-electron chi connectivity index (χ0n) is 56.4. The Labute approximate surface area is 614 Å². The second-order valence-corrected chi connectivity index (χ2v) is 26.3. The van der Waals surface area contributed by atoms with E-state index in [2.05, 4.69) is 229 Å². The summed E-state index contributed by atoms with van der Waals surface area (Å²) < 4.78 is 5.53. The summed E-state index contributed by atoms with van der Waals surface area (Å²) in [7, 11) is 0. The summed E-state index contributed by atoms with van der Waals surface area (Å²) in [5.74, 6) is 5.59. The van der Waals surface area contributed by atoms with Crippen molar-refractivity contribution in [1.29, 1.82) is 0 Å². The summed E-state index contributed by atoms with van der Waals surface area (Å²) in [5, 5.41) is 3.49. The van der Waals surface area contributed by atoms with Crippen LogP contribution in [-0.2, 0) is 0 Å². The van der Waals surface area contributed by atoms with Gasteiger partial charge < -0.3 is 5.32 Å². The molecule has 20 rings (SSSR count). The Morgan fingerprint density at radius 3 is 1.10 bits per heavy atom. The predicted molar refractivity (Wildman–Crippen MR) is 429 cm³/mol. The fraction of sp³-hybridized carbons (Fsp3) is 0. The average Bonchev–Trinajstić information content (AvgIpc) is 1.58. The van der Waals surface area contributed by atoms with Crippen LogP contribution < -0.4 is 10.2 Å². The summed E-state index contributed by atoms with van der Waals surface area (Å²) in [6.45, 7) is 0. The Balaban J connectivity index is 0.000000124. The molecule has 0 fully saturated rings. The largest absolute Gasteiger partial charge is 0.325 e. The number of hydrogen-bond acceptors (Lipinski definition) is 10. The van der Waals surface area contributed by atoms with Gasteiger partial charge in [-0.05, 0) is 107 Å². The van der Waals surface area contributed by atoms with E-state index in [1.54, 1.807) is 0 Å². The number of anilines is 5. The molecule has 4 aromatic heterocycles. The van der Waals surface area contributed by atoms with E-state index in [9.17, 15) is 0 Å². The highest BCUT2D eigenvalue weighted by Crippen LogP contribution is 2.49. The van der Waals surface area contributed by atoms with Gasteiger partial charge in [0.1, 0.15) is 0 Å². The molecular weight excluding hydrogens is 1350 g/mol. The van der Waals surface area contributed by atoms with Crippen LogP contribution in [0.2, 0.25) is 0 Å². The smallest absolute Gasteiger partial charge is 0.220 e. The summed E-state index contributed by atoms with van der Waals surface area (Å²) in [6.07, 6.45) is 0. The van der Waals surface area contributed by atoms with Gasteiger partial charge in [-0.2, -0.15) is 0 Å². The van der Waals surface area contributed by atoms with Crippen LogP contribution in [0.25, 0.3) is 146 Å². The van der Waals surface area contributed by atoms with Crippen LogP contribution in [0.15, 0.2) is 368 Å². The fourth-order valence-electron chi connectivity index (χ4n) is 13.8. The van der Waals surface area contributed by atoms with Crippen LogP contribution >= 0.6 is 15.9 Å². The highest BCUT2D eigenvalue weighted by molar-refractivity contribution is 9.10. The normalized spacial score (nSPS) is 11.5.